The summed E-state index contributed by atoms with van der Waals surface area (Å²) in [5.74, 6) is 0. The number of aromatic nitrogens is 2. The summed E-state index contributed by atoms with van der Waals surface area (Å²) in [6.07, 6.45) is 9.21. The summed E-state index contributed by atoms with van der Waals surface area (Å²) >= 11 is 0. The molecule has 0 aliphatic carbocycles. The van der Waals surface area contributed by atoms with Crippen LogP contribution in [-0.4, -0.2) is 46.9 Å². The number of nitrogens with one attached hydrogen (secondary N) is 1. The Kier molecular flexibility index (Phi) is 5.68. The van der Waals surface area contributed by atoms with Gasteiger partial charge in [0.25, 0.3) is 0 Å². The maximum Gasteiger partial charge on any atom is 0.0536 e. The molecule has 1 unspecified atom stereocenters. The van der Waals surface area contributed by atoms with E-state index in [-0.39, 0.29) is 0 Å². The molecule has 0 spiro atoms. The molecule has 102 valence electrons. The van der Waals surface area contributed by atoms with Crippen molar-refractivity contribution < 1.29 is 0 Å². The van der Waals surface area contributed by atoms with Gasteiger partial charge in [-0.3, -0.25) is 9.58 Å². The Balaban J connectivity index is 1.76. The normalized spacial score (nSPS) is 21.3. The molecule has 4 heteroatoms. The fourth-order valence-corrected chi connectivity index (χ4v) is 2.69. The van der Waals surface area contributed by atoms with E-state index in [1.807, 2.05) is 23.1 Å². The van der Waals surface area contributed by atoms with Crippen molar-refractivity contribution in [1.29, 1.82) is 0 Å². The molecule has 18 heavy (non-hydrogen) atoms. The lowest BCUT2D eigenvalue weighted by molar-refractivity contribution is 0.139. The SMILES string of the molecule is CCCNCC1CCCCN1CCn1cccn1. The minimum absolute atomic E-state index is 0.723. The second kappa shape index (κ2) is 7.54. The molecule has 0 saturated carbocycles. The lowest BCUT2D eigenvalue weighted by Crippen LogP contribution is -2.46. The van der Waals surface area contributed by atoms with Crippen molar-refractivity contribution >= 4 is 0 Å². The van der Waals surface area contributed by atoms with Gasteiger partial charge >= 0.3 is 0 Å². The quantitative estimate of drug-likeness (QED) is 0.748. The van der Waals surface area contributed by atoms with Crippen LogP contribution in [0.3, 0.4) is 0 Å². The Bertz CT molecular complexity index is 310. The molecule has 1 fully saturated rings. The van der Waals surface area contributed by atoms with Crippen LogP contribution in [0.5, 0.6) is 0 Å². The molecule has 1 aromatic rings. The lowest BCUT2D eigenvalue weighted by Gasteiger charge is -2.35. The summed E-state index contributed by atoms with van der Waals surface area (Å²) in [4.78, 5) is 2.63. The highest BCUT2D eigenvalue weighted by molar-refractivity contribution is 4.81. The fraction of sp³-hybridized carbons (Fsp3) is 0.786. The van der Waals surface area contributed by atoms with Crippen LogP contribution in [0.4, 0.5) is 0 Å². The molecule has 4 nitrogen and oxygen atoms in total. The summed E-state index contributed by atoms with van der Waals surface area (Å²) in [5.41, 5.74) is 0. The smallest absolute Gasteiger partial charge is 0.0536 e. The summed E-state index contributed by atoms with van der Waals surface area (Å²) in [5, 5.41) is 7.84. The number of likely N-dealkylation sites (tertiary alicyclic amines) is 1. The molecule has 0 bridgehead atoms. The number of rotatable bonds is 7. The number of hydrogen-bond acceptors (Lipinski definition) is 3. The lowest BCUT2D eigenvalue weighted by atomic mass is 10.0. The van der Waals surface area contributed by atoms with Crippen LogP contribution in [0.2, 0.25) is 0 Å². The molecule has 1 aliphatic heterocycles. The van der Waals surface area contributed by atoms with E-state index < -0.39 is 0 Å². The van der Waals surface area contributed by atoms with Gasteiger partial charge < -0.3 is 5.32 Å². The Morgan fingerprint density at radius 1 is 1.33 bits per heavy atom. The van der Waals surface area contributed by atoms with E-state index in [9.17, 15) is 0 Å². The van der Waals surface area contributed by atoms with Gasteiger partial charge in [0.05, 0.1) is 6.54 Å². The van der Waals surface area contributed by atoms with Crippen molar-refractivity contribution in [3.05, 3.63) is 18.5 Å². The summed E-state index contributed by atoms with van der Waals surface area (Å²) < 4.78 is 2.03. The average Bonchev–Trinajstić information content (AvgIpc) is 2.91. The first kappa shape index (κ1) is 13.6. The van der Waals surface area contributed by atoms with Crippen LogP contribution in [0.1, 0.15) is 32.6 Å². The topological polar surface area (TPSA) is 33.1 Å². The predicted molar refractivity (Wildman–Crippen MR) is 74.6 cm³/mol. The van der Waals surface area contributed by atoms with Crippen LogP contribution in [0.15, 0.2) is 18.5 Å². The highest BCUT2D eigenvalue weighted by atomic mass is 15.3. The number of piperidine rings is 1. The Labute approximate surface area is 110 Å². The van der Waals surface area contributed by atoms with Gasteiger partial charge in [0, 0.05) is 31.5 Å². The van der Waals surface area contributed by atoms with Gasteiger partial charge in [-0.2, -0.15) is 5.10 Å². The summed E-state index contributed by atoms with van der Waals surface area (Å²) in [7, 11) is 0. The third-order valence-electron chi connectivity index (χ3n) is 3.73. The van der Waals surface area contributed by atoms with Gasteiger partial charge in [-0.1, -0.05) is 13.3 Å². The first-order valence-electron chi connectivity index (χ1n) is 7.32. The molecule has 1 saturated heterocycles. The highest BCUT2D eigenvalue weighted by Crippen LogP contribution is 2.16. The van der Waals surface area contributed by atoms with E-state index in [0.717, 1.165) is 32.2 Å². The van der Waals surface area contributed by atoms with Gasteiger partial charge in [-0.15, -0.1) is 0 Å². The molecule has 0 amide bonds. The van der Waals surface area contributed by atoms with Crippen molar-refractivity contribution in [2.75, 3.05) is 26.2 Å². The average molecular weight is 250 g/mol. The first-order valence-corrected chi connectivity index (χ1v) is 7.32. The summed E-state index contributed by atoms with van der Waals surface area (Å²) in [6.45, 7) is 7.90. The zero-order valence-corrected chi connectivity index (χ0v) is 11.5. The van der Waals surface area contributed by atoms with Crippen molar-refractivity contribution in [2.24, 2.45) is 0 Å². The van der Waals surface area contributed by atoms with Crippen LogP contribution < -0.4 is 5.32 Å². The zero-order chi connectivity index (χ0) is 12.6. The first-order chi connectivity index (χ1) is 8.90. The van der Waals surface area contributed by atoms with E-state index >= 15 is 0 Å². The highest BCUT2D eigenvalue weighted by Gasteiger charge is 2.21. The molecule has 0 radical (unpaired) electrons. The minimum Gasteiger partial charge on any atom is -0.315 e. The Hall–Kier alpha value is -0.870. The van der Waals surface area contributed by atoms with Crippen molar-refractivity contribution in [3.8, 4) is 0 Å². The molecule has 1 aliphatic rings. The number of nitrogens with zero attached hydrogens (tertiary/aromatic N) is 3. The fourth-order valence-electron chi connectivity index (χ4n) is 2.69. The monoisotopic (exact) mass is 250 g/mol. The number of hydrogen-bond donors (Lipinski definition) is 1. The molecule has 1 N–H and O–H groups in total. The molecule has 1 aromatic heterocycles. The van der Waals surface area contributed by atoms with Crippen molar-refractivity contribution in [2.45, 2.75) is 45.2 Å². The standard InChI is InChI=1S/C14H26N4/c1-2-7-15-13-14-6-3-4-9-17(14)11-12-18-10-5-8-16-18/h5,8,10,14-15H,2-4,6-7,9,11-13H2,1H3. The van der Waals surface area contributed by atoms with Crippen LogP contribution in [0, 0.1) is 0 Å². The molecule has 0 aromatic carbocycles. The molecule has 2 heterocycles. The van der Waals surface area contributed by atoms with Gasteiger partial charge in [-0.05, 0) is 38.4 Å². The van der Waals surface area contributed by atoms with Gasteiger partial charge in [0.15, 0.2) is 0 Å². The van der Waals surface area contributed by atoms with E-state index in [1.54, 1.807) is 0 Å². The summed E-state index contributed by atoms with van der Waals surface area (Å²) in [6, 6.07) is 2.72. The van der Waals surface area contributed by atoms with Gasteiger partial charge in [0.2, 0.25) is 0 Å². The van der Waals surface area contributed by atoms with Crippen LogP contribution in [0.25, 0.3) is 0 Å². The predicted octanol–water partition coefficient (Wildman–Crippen LogP) is 1.74. The van der Waals surface area contributed by atoms with Crippen LogP contribution in [-0.2, 0) is 6.54 Å². The van der Waals surface area contributed by atoms with E-state index in [4.69, 9.17) is 0 Å². The largest absolute Gasteiger partial charge is 0.315 e. The van der Waals surface area contributed by atoms with E-state index in [2.05, 4.69) is 22.2 Å². The maximum atomic E-state index is 4.28. The third kappa shape index (κ3) is 4.10. The zero-order valence-electron chi connectivity index (χ0n) is 11.5. The minimum atomic E-state index is 0.723. The molecule has 1 atom stereocenters. The Morgan fingerprint density at radius 2 is 2.28 bits per heavy atom. The van der Waals surface area contributed by atoms with Gasteiger partial charge in [0.1, 0.15) is 0 Å². The van der Waals surface area contributed by atoms with Crippen molar-refractivity contribution in [3.63, 3.8) is 0 Å². The third-order valence-corrected chi connectivity index (χ3v) is 3.73. The van der Waals surface area contributed by atoms with E-state index in [1.165, 1.54) is 32.2 Å². The second-order valence-corrected chi connectivity index (χ2v) is 5.16. The molecular weight excluding hydrogens is 224 g/mol. The molecular formula is C14H26N4. The molecule has 2 rings (SSSR count). The van der Waals surface area contributed by atoms with E-state index in [0.29, 0.717) is 0 Å². The Morgan fingerprint density at radius 3 is 3.06 bits per heavy atom. The second-order valence-electron chi connectivity index (χ2n) is 5.16. The van der Waals surface area contributed by atoms with Gasteiger partial charge in [-0.25, -0.2) is 0 Å². The van der Waals surface area contributed by atoms with Crippen LogP contribution >= 0.6 is 0 Å². The van der Waals surface area contributed by atoms with Crippen molar-refractivity contribution in [1.82, 2.24) is 20.0 Å². The maximum absolute atomic E-state index is 4.28.